The maximum atomic E-state index is 13.4. The number of aromatic nitrogens is 2. The predicted molar refractivity (Wildman–Crippen MR) is 55.6 cm³/mol. The van der Waals surface area contributed by atoms with E-state index in [1.807, 2.05) is 0 Å². The van der Waals surface area contributed by atoms with Gasteiger partial charge in [-0.05, 0) is 22.0 Å². The highest BCUT2D eigenvalue weighted by Crippen LogP contribution is 2.23. The van der Waals surface area contributed by atoms with Crippen molar-refractivity contribution >= 4 is 21.9 Å². The highest BCUT2D eigenvalue weighted by atomic mass is 79.9. The molecule has 0 fully saturated rings. The molecule has 15 heavy (non-hydrogen) atoms. The Hall–Kier alpha value is -1.43. The number of anilines is 1. The molecule has 0 aliphatic carbocycles. The zero-order valence-electron chi connectivity index (χ0n) is 7.42. The van der Waals surface area contributed by atoms with E-state index in [4.69, 9.17) is 5.73 Å². The SMILES string of the molecule is Nc1nccn1-c1cc(Br)c(F)cc1F. The summed E-state index contributed by atoms with van der Waals surface area (Å²) in [6, 6.07) is 2.10. The number of hydrogen-bond donors (Lipinski definition) is 1. The van der Waals surface area contributed by atoms with E-state index in [1.54, 1.807) is 0 Å². The van der Waals surface area contributed by atoms with Crippen molar-refractivity contribution in [1.82, 2.24) is 9.55 Å². The molecule has 0 aliphatic heterocycles. The van der Waals surface area contributed by atoms with Crippen molar-refractivity contribution in [1.29, 1.82) is 0 Å². The number of hydrogen-bond acceptors (Lipinski definition) is 2. The molecule has 78 valence electrons. The van der Waals surface area contributed by atoms with Crippen LogP contribution in [0.25, 0.3) is 5.69 Å². The Bertz CT molecular complexity index is 510. The van der Waals surface area contributed by atoms with Crippen molar-refractivity contribution < 1.29 is 8.78 Å². The van der Waals surface area contributed by atoms with Gasteiger partial charge in [-0.2, -0.15) is 0 Å². The molecule has 0 amide bonds. The van der Waals surface area contributed by atoms with E-state index in [0.717, 1.165) is 6.07 Å². The summed E-state index contributed by atoms with van der Waals surface area (Å²) in [5.41, 5.74) is 5.66. The van der Waals surface area contributed by atoms with E-state index in [9.17, 15) is 8.78 Å². The molecule has 2 N–H and O–H groups in total. The molecule has 0 unspecified atom stereocenters. The molecule has 0 bridgehead atoms. The Labute approximate surface area is 92.7 Å². The Morgan fingerprint density at radius 3 is 2.60 bits per heavy atom. The number of rotatable bonds is 1. The van der Waals surface area contributed by atoms with Gasteiger partial charge in [0.05, 0.1) is 10.2 Å². The third-order valence-corrected chi connectivity index (χ3v) is 2.53. The fourth-order valence-electron chi connectivity index (χ4n) is 1.22. The molecule has 1 aromatic heterocycles. The lowest BCUT2D eigenvalue weighted by Gasteiger charge is -2.07. The zero-order valence-corrected chi connectivity index (χ0v) is 9.00. The van der Waals surface area contributed by atoms with Crippen molar-refractivity contribution in [3.05, 3.63) is 40.6 Å². The molecular weight excluding hydrogens is 268 g/mol. The van der Waals surface area contributed by atoms with Gasteiger partial charge in [0.1, 0.15) is 11.6 Å². The van der Waals surface area contributed by atoms with Crippen LogP contribution in [0.4, 0.5) is 14.7 Å². The number of nitrogen functional groups attached to an aromatic ring is 1. The fraction of sp³-hybridized carbons (Fsp3) is 0. The lowest BCUT2D eigenvalue weighted by Crippen LogP contribution is -2.02. The van der Waals surface area contributed by atoms with E-state index >= 15 is 0 Å². The number of nitrogens with zero attached hydrogens (tertiary/aromatic N) is 2. The zero-order chi connectivity index (χ0) is 11.0. The highest BCUT2D eigenvalue weighted by Gasteiger charge is 2.11. The molecule has 1 aromatic carbocycles. The van der Waals surface area contributed by atoms with Crippen LogP contribution in [0.5, 0.6) is 0 Å². The predicted octanol–water partition coefficient (Wildman–Crippen LogP) is 2.50. The number of benzene rings is 1. The minimum atomic E-state index is -0.694. The highest BCUT2D eigenvalue weighted by molar-refractivity contribution is 9.10. The second-order valence-corrected chi connectivity index (χ2v) is 3.73. The first kappa shape index (κ1) is 10.1. The molecule has 0 saturated heterocycles. The third-order valence-electron chi connectivity index (χ3n) is 1.92. The van der Waals surface area contributed by atoms with E-state index in [0.29, 0.717) is 0 Å². The van der Waals surface area contributed by atoms with E-state index in [2.05, 4.69) is 20.9 Å². The molecule has 0 saturated carbocycles. The maximum absolute atomic E-state index is 13.4. The van der Waals surface area contributed by atoms with Gasteiger partial charge in [-0.25, -0.2) is 13.8 Å². The summed E-state index contributed by atoms with van der Waals surface area (Å²) in [5, 5.41) is 0. The number of halogens is 3. The molecule has 0 aliphatic rings. The average molecular weight is 274 g/mol. The topological polar surface area (TPSA) is 43.8 Å². The molecular formula is C9H6BrF2N3. The molecule has 0 atom stereocenters. The molecule has 6 heteroatoms. The fourth-order valence-corrected chi connectivity index (χ4v) is 1.55. The summed E-state index contributed by atoms with van der Waals surface area (Å²) in [7, 11) is 0. The summed E-state index contributed by atoms with van der Waals surface area (Å²) >= 11 is 2.97. The van der Waals surface area contributed by atoms with Crippen molar-refractivity contribution in [3.63, 3.8) is 0 Å². The van der Waals surface area contributed by atoms with Crippen molar-refractivity contribution in [2.24, 2.45) is 0 Å². The number of imidazole rings is 1. The summed E-state index contributed by atoms with van der Waals surface area (Å²) in [6.07, 6.45) is 2.93. The molecule has 0 spiro atoms. The minimum Gasteiger partial charge on any atom is -0.369 e. The van der Waals surface area contributed by atoms with Gasteiger partial charge in [-0.3, -0.25) is 4.57 Å². The Kier molecular flexibility index (Phi) is 2.44. The smallest absolute Gasteiger partial charge is 0.204 e. The maximum Gasteiger partial charge on any atom is 0.204 e. The largest absolute Gasteiger partial charge is 0.369 e. The molecule has 2 rings (SSSR count). The van der Waals surface area contributed by atoms with Gasteiger partial charge in [-0.1, -0.05) is 0 Å². The van der Waals surface area contributed by atoms with Crippen LogP contribution in [-0.2, 0) is 0 Å². The van der Waals surface area contributed by atoms with Gasteiger partial charge < -0.3 is 5.73 Å². The van der Waals surface area contributed by atoms with Gasteiger partial charge in [0.2, 0.25) is 5.95 Å². The molecule has 0 radical (unpaired) electrons. The van der Waals surface area contributed by atoms with Gasteiger partial charge in [0, 0.05) is 18.5 Å². The summed E-state index contributed by atoms with van der Waals surface area (Å²) in [4.78, 5) is 3.75. The molecule has 1 heterocycles. The summed E-state index contributed by atoms with van der Waals surface area (Å²) in [5.74, 6) is -1.21. The lowest BCUT2D eigenvalue weighted by atomic mass is 10.3. The van der Waals surface area contributed by atoms with E-state index in [-0.39, 0.29) is 16.1 Å². The standard InChI is InChI=1S/C9H6BrF2N3/c10-5-3-8(7(12)4-6(5)11)15-2-1-14-9(15)13/h1-4H,(H2,13,14). The van der Waals surface area contributed by atoms with Gasteiger partial charge in [-0.15, -0.1) is 0 Å². The van der Waals surface area contributed by atoms with Crippen LogP contribution in [0, 0.1) is 11.6 Å². The van der Waals surface area contributed by atoms with Crippen LogP contribution >= 0.6 is 15.9 Å². The third kappa shape index (κ3) is 1.72. The van der Waals surface area contributed by atoms with Crippen molar-refractivity contribution in [3.8, 4) is 5.69 Å². The van der Waals surface area contributed by atoms with Crippen LogP contribution in [0.15, 0.2) is 29.0 Å². The van der Waals surface area contributed by atoms with Gasteiger partial charge in [0.15, 0.2) is 0 Å². The first-order chi connectivity index (χ1) is 7.09. The van der Waals surface area contributed by atoms with Crippen LogP contribution in [0.3, 0.4) is 0 Å². The lowest BCUT2D eigenvalue weighted by molar-refractivity contribution is 0.574. The second-order valence-electron chi connectivity index (χ2n) is 2.87. The second kappa shape index (κ2) is 3.62. The van der Waals surface area contributed by atoms with E-state index < -0.39 is 11.6 Å². The monoisotopic (exact) mass is 273 g/mol. The van der Waals surface area contributed by atoms with Gasteiger partial charge >= 0.3 is 0 Å². The summed E-state index contributed by atoms with van der Waals surface area (Å²) in [6.45, 7) is 0. The van der Waals surface area contributed by atoms with Crippen molar-refractivity contribution in [2.45, 2.75) is 0 Å². The first-order valence-electron chi connectivity index (χ1n) is 4.03. The normalized spacial score (nSPS) is 10.6. The van der Waals surface area contributed by atoms with Crippen LogP contribution in [-0.4, -0.2) is 9.55 Å². The quantitative estimate of drug-likeness (QED) is 0.812. The van der Waals surface area contributed by atoms with E-state index in [1.165, 1.54) is 23.0 Å². The van der Waals surface area contributed by atoms with Crippen molar-refractivity contribution in [2.75, 3.05) is 5.73 Å². The Morgan fingerprint density at radius 1 is 1.27 bits per heavy atom. The Balaban J connectivity index is 2.64. The Morgan fingerprint density at radius 2 is 2.00 bits per heavy atom. The molecule has 2 aromatic rings. The minimum absolute atomic E-state index is 0.146. The molecule has 3 nitrogen and oxygen atoms in total. The average Bonchev–Trinajstić information content (AvgIpc) is 2.58. The first-order valence-corrected chi connectivity index (χ1v) is 4.82. The van der Waals surface area contributed by atoms with Crippen LogP contribution in [0.2, 0.25) is 0 Å². The van der Waals surface area contributed by atoms with Gasteiger partial charge in [0.25, 0.3) is 0 Å². The van der Waals surface area contributed by atoms with Crippen LogP contribution in [0.1, 0.15) is 0 Å². The van der Waals surface area contributed by atoms with Crippen LogP contribution < -0.4 is 5.73 Å². The number of nitrogens with two attached hydrogens (primary N) is 1. The summed E-state index contributed by atoms with van der Waals surface area (Å²) < 4.78 is 27.9.